The fourth-order valence-corrected chi connectivity index (χ4v) is 2.90. The molecule has 27 heavy (non-hydrogen) atoms. The van der Waals surface area contributed by atoms with Gasteiger partial charge in [-0.2, -0.15) is 0 Å². The Bertz CT molecular complexity index is 626. The minimum absolute atomic E-state index is 0.219. The lowest BCUT2D eigenvalue weighted by molar-refractivity contribution is 0.0963. The van der Waals surface area contributed by atoms with Crippen molar-refractivity contribution in [3.63, 3.8) is 0 Å². The van der Waals surface area contributed by atoms with Crippen molar-refractivity contribution in [1.82, 2.24) is 20.5 Å². The van der Waals surface area contributed by atoms with Gasteiger partial charge in [0.25, 0.3) is 0 Å². The maximum Gasteiger partial charge on any atom is 0.409 e. The highest BCUT2D eigenvalue weighted by molar-refractivity contribution is 5.80. The van der Waals surface area contributed by atoms with E-state index in [4.69, 9.17) is 4.74 Å². The Morgan fingerprint density at radius 3 is 2.70 bits per heavy atom. The van der Waals surface area contributed by atoms with E-state index in [-0.39, 0.29) is 12.1 Å². The van der Waals surface area contributed by atoms with E-state index in [0.29, 0.717) is 26.2 Å². The molecule has 1 aliphatic rings. The molecule has 1 aliphatic heterocycles. The number of rotatable bonds is 6. The van der Waals surface area contributed by atoms with Crippen LogP contribution in [0, 0.1) is 0 Å². The summed E-state index contributed by atoms with van der Waals surface area (Å²) in [6.45, 7) is 6.99. The van der Waals surface area contributed by atoms with E-state index in [1.807, 2.05) is 51.0 Å². The number of nitrogens with one attached hydrogen (secondary N) is 2. The quantitative estimate of drug-likeness (QED) is 0.582. The molecule has 1 saturated heterocycles. The van der Waals surface area contributed by atoms with E-state index >= 15 is 0 Å². The first-order chi connectivity index (χ1) is 13.0. The van der Waals surface area contributed by atoms with Gasteiger partial charge in [-0.05, 0) is 38.8 Å². The van der Waals surface area contributed by atoms with Crippen LogP contribution in [0.2, 0.25) is 0 Å². The highest BCUT2D eigenvalue weighted by atomic mass is 16.6. The van der Waals surface area contributed by atoms with Gasteiger partial charge in [0, 0.05) is 39.8 Å². The van der Waals surface area contributed by atoms with Crippen LogP contribution in [-0.4, -0.2) is 68.3 Å². The third-order valence-electron chi connectivity index (χ3n) is 4.36. The van der Waals surface area contributed by atoms with Gasteiger partial charge in [-0.15, -0.1) is 0 Å². The molecule has 150 valence electrons. The van der Waals surface area contributed by atoms with Gasteiger partial charge in [0.05, 0.1) is 18.8 Å². The number of carbonyl (C=O) groups is 1. The van der Waals surface area contributed by atoms with Gasteiger partial charge < -0.3 is 25.2 Å². The smallest absolute Gasteiger partial charge is 0.409 e. The van der Waals surface area contributed by atoms with Crippen molar-refractivity contribution in [1.29, 1.82) is 0 Å². The lowest BCUT2D eigenvalue weighted by Gasteiger charge is -2.32. The van der Waals surface area contributed by atoms with Crippen LogP contribution in [0.15, 0.2) is 23.2 Å². The predicted molar refractivity (Wildman–Crippen MR) is 108 cm³/mol. The molecule has 0 aromatic carbocycles. The summed E-state index contributed by atoms with van der Waals surface area (Å²) in [5.74, 6) is 1.70. The van der Waals surface area contributed by atoms with Gasteiger partial charge in [0.1, 0.15) is 5.82 Å². The van der Waals surface area contributed by atoms with E-state index in [1.165, 1.54) is 0 Å². The van der Waals surface area contributed by atoms with Crippen molar-refractivity contribution in [2.75, 3.05) is 45.2 Å². The third kappa shape index (κ3) is 6.62. The standard InChI is InChI=1S/C19H32N6O2/c1-5-20-18(21-14-16-8-7-9-17(22-16)24(3)4)23-15-10-12-25(13-11-15)19(26)27-6-2/h7-9,15H,5-6,10-14H2,1-4H3,(H2,20,21,23). The van der Waals surface area contributed by atoms with Gasteiger partial charge in [0.15, 0.2) is 5.96 Å². The molecule has 1 fully saturated rings. The van der Waals surface area contributed by atoms with Crippen LogP contribution in [0.1, 0.15) is 32.4 Å². The zero-order valence-electron chi connectivity index (χ0n) is 16.9. The first kappa shape index (κ1) is 20.8. The van der Waals surface area contributed by atoms with Crippen LogP contribution in [0.25, 0.3) is 0 Å². The highest BCUT2D eigenvalue weighted by Crippen LogP contribution is 2.12. The van der Waals surface area contributed by atoms with E-state index < -0.39 is 0 Å². The minimum Gasteiger partial charge on any atom is -0.450 e. The van der Waals surface area contributed by atoms with E-state index in [9.17, 15) is 4.79 Å². The molecule has 2 N–H and O–H groups in total. The van der Waals surface area contributed by atoms with Crippen molar-refractivity contribution in [3.8, 4) is 0 Å². The topological polar surface area (TPSA) is 82.1 Å². The van der Waals surface area contributed by atoms with E-state index in [1.54, 1.807) is 4.90 Å². The summed E-state index contributed by atoms with van der Waals surface area (Å²) in [7, 11) is 3.95. The van der Waals surface area contributed by atoms with Crippen LogP contribution in [0.3, 0.4) is 0 Å². The van der Waals surface area contributed by atoms with Crippen molar-refractivity contribution >= 4 is 17.9 Å². The van der Waals surface area contributed by atoms with Crippen molar-refractivity contribution in [2.45, 2.75) is 39.3 Å². The molecular formula is C19H32N6O2. The second-order valence-corrected chi connectivity index (χ2v) is 6.68. The summed E-state index contributed by atoms with van der Waals surface area (Å²) in [4.78, 5) is 24.8. The van der Waals surface area contributed by atoms with Gasteiger partial charge in [-0.1, -0.05) is 6.07 Å². The Morgan fingerprint density at radius 2 is 2.07 bits per heavy atom. The van der Waals surface area contributed by atoms with Crippen LogP contribution in [0.5, 0.6) is 0 Å². The van der Waals surface area contributed by atoms with Crippen LogP contribution >= 0.6 is 0 Å². The Balaban J connectivity index is 1.91. The highest BCUT2D eigenvalue weighted by Gasteiger charge is 2.24. The Morgan fingerprint density at radius 1 is 1.33 bits per heavy atom. The molecule has 0 radical (unpaired) electrons. The molecule has 2 heterocycles. The fourth-order valence-electron chi connectivity index (χ4n) is 2.90. The number of carbonyl (C=O) groups excluding carboxylic acids is 1. The monoisotopic (exact) mass is 376 g/mol. The summed E-state index contributed by atoms with van der Waals surface area (Å²) >= 11 is 0. The van der Waals surface area contributed by atoms with Gasteiger partial charge in [-0.3, -0.25) is 0 Å². The zero-order chi connectivity index (χ0) is 19.6. The van der Waals surface area contributed by atoms with Crippen LogP contribution < -0.4 is 15.5 Å². The number of anilines is 1. The number of hydrogen-bond acceptors (Lipinski definition) is 5. The summed E-state index contributed by atoms with van der Waals surface area (Å²) in [6, 6.07) is 6.25. The lowest BCUT2D eigenvalue weighted by atomic mass is 10.1. The molecule has 2 rings (SSSR count). The first-order valence-corrected chi connectivity index (χ1v) is 9.63. The maximum atomic E-state index is 11.8. The van der Waals surface area contributed by atoms with Gasteiger partial charge >= 0.3 is 6.09 Å². The molecule has 1 aromatic heterocycles. The molecular weight excluding hydrogens is 344 g/mol. The van der Waals surface area contributed by atoms with Crippen molar-refractivity contribution in [2.24, 2.45) is 4.99 Å². The Labute approximate surface area is 162 Å². The second kappa shape index (κ2) is 10.6. The number of guanidine groups is 1. The largest absolute Gasteiger partial charge is 0.450 e. The van der Waals surface area contributed by atoms with Crippen LogP contribution in [-0.2, 0) is 11.3 Å². The summed E-state index contributed by atoms with van der Waals surface area (Å²) in [5, 5.41) is 6.77. The molecule has 8 nitrogen and oxygen atoms in total. The lowest BCUT2D eigenvalue weighted by Crippen LogP contribution is -2.49. The predicted octanol–water partition coefficient (Wildman–Crippen LogP) is 1.82. The molecule has 0 aliphatic carbocycles. The molecule has 0 bridgehead atoms. The number of nitrogens with zero attached hydrogens (tertiary/aromatic N) is 4. The first-order valence-electron chi connectivity index (χ1n) is 9.63. The Kier molecular flexibility index (Phi) is 8.16. The second-order valence-electron chi connectivity index (χ2n) is 6.68. The van der Waals surface area contributed by atoms with Gasteiger partial charge in [-0.25, -0.2) is 14.8 Å². The molecule has 0 saturated carbocycles. The van der Waals surface area contributed by atoms with E-state index in [2.05, 4.69) is 20.6 Å². The average molecular weight is 377 g/mol. The summed E-state index contributed by atoms with van der Waals surface area (Å²) in [5.41, 5.74) is 0.926. The number of hydrogen-bond donors (Lipinski definition) is 2. The van der Waals surface area contributed by atoms with Gasteiger partial charge in [0.2, 0.25) is 0 Å². The van der Waals surface area contributed by atoms with Crippen LogP contribution in [0.4, 0.5) is 10.6 Å². The number of aromatic nitrogens is 1. The molecule has 1 aromatic rings. The number of ether oxygens (including phenoxy) is 1. The number of pyridine rings is 1. The third-order valence-corrected chi connectivity index (χ3v) is 4.36. The SMILES string of the molecule is CCNC(=NCc1cccc(N(C)C)n1)NC1CCN(C(=O)OCC)CC1. The average Bonchev–Trinajstić information content (AvgIpc) is 2.67. The summed E-state index contributed by atoms with van der Waals surface area (Å²) in [6.07, 6.45) is 1.53. The Hall–Kier alpha value is -2.51. The molecule has 0 spiro atoms. The zero-order valence-corrected chi connectivity index (χ0v) is 16.9. The van der Waals surface area contributed by atoms with E-state index in [0.717, 1.165) is 36.9 Å². The molecule has 1 amide bonds. The number of likely N-dealkylation sites (tertiary alicyclic amines) is 1. The molecule has 8 heteroatoms. The normalized spacial score (nSPS) is 15.4. The number of amides is 1. The fraction of sp³-hybridized carbons (Fsp3) is 0.632. The summed E-state index contributed by atoms with van der Waals surface area (Å²) < 4.78 is 5.07. The molecule has 0 unspecified atom stereocenters. The minimum atomic E-state index is -0.219. The maximum absolute atomic E-state index is 11.8. The number of aliphatic imine (C=N–C) groups is 1. The number of piperidine rings is 1. The van der Waals surface area contributed by atoms with Crippen molar-refractivity contribution in [3.05, 3.63) is 23.9 Å². The molecule has 0 atom stereocenters. The van der Waals surface area contributed by atoms with Crippen molar-refractivity contribution < 1.29 is 9.53 Å².